The lowest BCUT2D eigenvalue weighted by Crippen LogP contribution is -2.15. The van der Waals surface area contributed by atoms with Gasteiger partial charge in [-0.2, -0.15) is 0 Å². The van der Waals surface area contributed by atoms with Crippen molar-refractivity contribution in [2.75, 3.05) is 11.1 Å². The number of para-hydroxylation sites is 1. The Labute approximate surface area is 144 Å². The Kier molecular flexibility index (Phi) is 4.97. The summed E-state index contributed by atoms with van der Waals surface area (Å²) in [5.41, 5.74) is 3.15. The number of carbonyl (C=O) groups excluding carboxylic acids is 1. The van der Waals surface area contributed by atoms with Crippen LogP contribution in [-0.2, 0) is 11.2 Å². The highest BCUT2D eigenvalue weighted by molar-refractivity contribution is 8.00. The second-order valence-electron chi connectivity index (χ2n) is 5.17. The molecular weight excluding hydrogens is 337 g/mol. The normalized spacial score (nSPS) is 16.4. The zero-order valence-electron chi connectivity index (χ0n) is 11.8. The standard InChI is InChI=1S/C17H15Cl2NOS/c18-13-6-3-4-12-11(13)8-9-16(12)22-10-17(21)20-15-7-2-1-5-14(15)19/h1-7,16H,8-10H2,(H,20,21)/t16-/m0/s1. The fraction of sp³-hybridized carbons (Fsp3) is 0.235. The van der Waals surface area contributed by atoms with Gasteiger partial charge in [-0.25, -0.2) is 0 Å². The summed E-state index contributed by atoms with van der Waals surface area (Å²) in [5.74, 6) is 0.371. The minimum absolute atomic E-state index is 0.0337. The topological polar surface area (TPSA) is 29.1 Å². The Morgan fingerprint density at radius 2 is 1.91 bits per heavy atom. The number of benzene rings is 2. The van der Waals surface area contributed by atoms with Crippen LogP contribution in [0.15, 0.2) is 42.5 Å². The molecule has 0 spiro atoms. The van der Waals surface area contributed by atoms with Crippen LogP contribution in [0, 0.1) is 0 Å². The number of halogens is 2. The van der Waals surface area contributed by atoms with Crippen molar-refractivity contribution in [1.82, 2.24) is 0 Å². The van der Waals surface area contributed by atoms with Crippen molar-refractivity contribution in [2.24, 2.45) is 0 Å². The smallest absolute Gasteiger partial charge is 0.234 e. The van der Waals surface area contributed by atoms with Crippen LogP contribution in [0.2, 0.25) is 10.0 Å². The molecule has 2 aromatic carbocycles. The lowest BCUT2D eigenvalue weighted by Gasteiger charge is -2.12. The Balaban J connectivity index is 1.59. The third-order valence-corrected chi connectivity index (χ3v) is 5.73. The monoisotopic (exact) mass is 351 g/mol. The molecule has 0 radical (unpaired) electrons. The molecule has 0 saturated heterocycles. The van der Waals surface area contributed by atoms with Crippen LogP contribution < -0.4 is 5.32 Å². The second kappa shape index (κ2) is 6.95. The van der Waals surface area contributed by atoms with Gasteiger partial charge >= 0.3 is 0 Å². The van der Waals surface area contributed by atoms with Crippen LogP contribution in [0.4, 0.5) is 5.69 Å². The molecule has 5 heteroatoms. The van der Waals surface area contributed by atoms with Gasteiger partial charge in [-0.1, -0.05) is 47.5 Å². The van der Waals surface area contributed by atoms with Crippen molar-refractivity contribution in [3.8, 4) is 0 Å². The van der Waals surface area contributed by atoms with E-state index in [1.165, 1.54) is 11.1 Å². The molecule has 1 N–H and O–H groups in total. The van der Waals surface area contributed by atoms with E-state index < -0.39 is 0 Å². The number of amides is 1. The molecule has 0 heterocycles. The zero-order chi connectivity index (χ0) is 15.5. The highest BCUT2D eigenvalue weighted by Gasteiger charge is 2.25. The van der Waals surface area contributed by atoms with E-state index in [1.54, 1.807) is 23.9 Å². The molecule has 0 fully saturated rings. The molecule has 2 aromatic rings. The number of carbonyl (C=O) groups is 1. The summed E-state index contributed by atoms with van der Waals surface area (Å²) in [6.07, 6.45) is 2.02. The van der Waals surface area contributed by atoms with E-state index in [0.29, 0.717) is 21.7 Å². The number of nitrogens with one attached hydrogen (secondary N) is 1. The van der Waals surface area contributed by atoms with Crippen LogP contribution in [0.1, 0.15) is 22.8 Å². The van der Waals surface area contributed by atoms with Crippen LogP contribution in [-0.4, -0.2) is 11.7 Å². The molecule has 3 rings (SSSR count). The largest absolute Gasteiger partial charge is 0.324 e. The number of hydrogen-bond acceptors (Lipinski definition) is 2. The maximum Gasteiger partial charge on any atom is 0.234 e. The molecule has 114 valence electrons. The molecule has 0 aromatic heterocycles. The molecule has 1 aliphatic carbocycles. The van der Waals surface area contributed by atoms with Gasteiger partial charge in [-0.3, -0.25) is 4.79 Å². The predicted molar refractivity (Wildman–Crippen MR) is 95.1 cm³/mol. The van der Waals surface area contributed by atoms with Crippen LogP contribution in [0.25, 0.3) is 0 Å². The molecule has 0 aliphatic heterocycles. The molecule has 2 nitrogen and oxygen atoms in total. The van der Waals surface area contributed by atoms with Crippen LogP contribution in [0.5, 0.6) is 0 Å². The first-order valence-electron chi connectivity index (χ1n) is 7.08. The van der Waals surface area contributed by atoms with Gasteiger partial charge in [0.2, 0.25) is 5.91 Å². The van der Waals surface area contributed by atoms with E-state index in [0.717, 1.165) is 17.9 Å². The summed E-state index contributed by atoms with van der Waals surface area (Å²) in [7, 11) is 0. The predicted octanol–water partition coefficient (Wildman–Crippen LogP) is 5.35. The van der Waals surface area contributed by atoms with Crippen molar-refractivity contribution < 1.29 is 4.79 Å². The van der Waals surface area contributed by atoms with Crippen molar-refractivity contribution in [3.05, 3.63) is 63.6 Å². The van der Waals surface area contributed by atoms with Crippen molar-refractivity contribution in [3.63, 3.8) is 0 Å². The lowest BCUT2D eigenvalue weighted by atomic mass is 10.1. The van der Waals surface area contributed by atoms with Gasteiger partial charge < -0.3 is 5.32 Å². The molecule has 22 heavy (non-hydrogen) atoms. The molecule has 1 aliphatic rings. The Bertz CT molecular complexity index is 705. The number of thioether (sulfide) groups is 1. The molecule has 0 saturated carbocycles. The van der Waals surface area contributed by atoms with Crippen LogP contribution in [0.3, 0.4) is 0 Å². The van der Waals surface area contributed by atoms with Crippen molar-refractivity contribution in [2.45, 2.75) is 18.1 Å². The maximum absolute atomic E-state index is 12.1. The Hall–Kier alpha value is -1.16. The van der Waals surface area contributed by atoms with Gasteiger partial charge in [0.25, 0.3) is 0 Å². The SMILES string of the molecule is O=C(CS[C@H]1CCc2c(Cl)cccc21)Nc1ccccc1Cl. The number of anilines is 1. The Morgan fingerprint density at radius 1 is 1.14 bits per heavy atom. The van der Waals surface area contributed by atoms with E-state index in [1.807, 2.05) is 24.3 Å². The van der Waals surface area contributed by atoms with Crippen molar-refractivity contribution >= 4 is 46.6 Å². The first-order chi connectivity index (χ1) is 10.6. The Morgan fingerprint density at radius 3 is 2.73 bits per heavy atom. The average molecular weight is 352 g/mol. The summed E-state index contributed by atoms with van der Waals surface area (Å²) >= 11 is 13.9. The van der Waals surface area contributed by atoms with Gasteiger partial charge in [0.1, 0.15) is 0 Å². The van der Waals surface area contributed by atoms with Crippen molar-refractivity contribution in [1.29, 1.82) is 0 Å². The zero-order valence-corrected chi connectivity index (χ0v) is 14.1. The van der Waals surface area contributed by atoms with Gasteiger partial charge in [-0.05, 0) is 42.2 Å². The summed E-state index contributed by atoms with van der Waals surface area (Å²) in [5, 5.41) is 4.58. The first kappa shape index (κ1) is 15.7. The van der Waals surface area contributed by atoms with Gasteiger partial charge in [0.05, 0.1) is 16.5 Å². The van der Waals surface area contributed by atoms with E-state index in [-0.39, 0.29) is 5.91 Å². The minimum Gasteiger partial charge on any atom is -0.324 e. The summed E-state index contributed by atoms with van der Waals surface area (Å²) < 4.78 is 0. The maximum atomic E-state index is 12.1. The van der Waals surface area contributed by atoms with E-state index >= 15 is 0 Å². The number of hydrogen-bond donors (Lipinski definition) is 1. The third-order valence-electron chi connectivity index (χ3n) is 3.72. The second-order valence-corrected chi connectivity index (χ2v) is 7.18. The molecule has 1 atom stereocenters. The summed E-state index contributed by atoms with van der Waals surface area (Å²) in [6, 6.07) is 13.3. The molecular formula is C17H15Cl2NOS. The highest BCUT2D eigenvalue weighted by Crippen LogP contribution is 2.43. The van der Waals surface area contributed by atoms with E-state index in [2.05, 4.69) is 11.4 Å². The molecule has 1 amide bonds. The quantitative estimate of drug-likeness (QED) is 0.803. The molecule has 0 bridgehead atoms. The van der Waals surface area contributed by atoms with Gasteiger partial charge in [0, 0.05) is 10.3 Å². The minimum atomic E-state index is -0.0337. The van der Waals surface area contributed by atoms with Gasteiger partial charge in [-0.15, -0.1) is 11.8 Å². The van der Waals surface area contributed by atoms with Crippen LogP contribution >= 0.6 is 35.0 Å². The summed E-state index contributed by atoms with van der Waals surface area (Å²) in [4.78, 5) is 12.1. The number of rotatable bonds is 4. The number of fused-ring (bicyclic) bond motifs is 1. The third kappa shape index (κ3) is 3.43. The van der Waals surface area contributed by atoms with Gasteiger partial charge in [0.15, 0.2) is 0 Å². The fourth-order valence-corrected chi connectivity index (χ4v) is 4.24. The average Bonchev–Trinajstić information content (AvgIpc) is 2.92. The van der Waals surface area contributed by atoms with E-state index in [9.17, 15) is 4.79 Å². The summed E-state index contributed by atoms with van der Waals surface area (Å²) in [6.45, 7) is 0. The van der Waals surface area contributed by atoms with E-state index in [4.69, 9.17) is 23.2 Å². The fourth-order valence-electron chi connectivity index (χ4n) is 2.67. The highest BCUT2D eigenvalue weighted by atomic mass is 35.5. The lowest BCUT2D eigenvalue weighted by molar-refractivity contribution is -0.113. The molecule has 0 unspecified atom stereocenters. The first-order valence-corrected chi connectivity index (χ1v) is 8.89.